The molecule has 0 amide bonds. The molecule has 0 aliphatic rings. The third-order valence-electron chi connectivity index (χ3n) is 3.63. The number of hydrogen-bond acceptors (Lipinski definition) is 3. The summed E-state index contributed by atoms with van der Waals surface area (Å²) >= 11 is 0. The molecule has 0 saturated heterocycles. The zero-order valence-corrected chi connectivity index (χ0v) is 12.9. The third kappa shape index (κ3) is 4.57. The predicted molar refractivity (Wildman–Crippen MR) is 86.6 cm³/mol. The van der Waals surface area contributed by atoms with Crippen molar-refractivity contribution in [3.8, 4) is 5.75 Å². The molecule has 21 heavy (non-hydrogen) atoms. The van der Waals surface area contributed by atoms with E-state index >= 15 is 0 Å². The molecule has 0 bridgehead atoms. The number of nitrogens with two attached hydrogens (primary N) is 1. The van der Waals surface area contributed by atoms with Crippen molar-refractivity contribution >= 4 is 0 Å². The Kier molecular flexibility index (Phi) is 5.76. The highest BCUT2D eigenvalue weighted by Gasteiger charge is 2.10. The molecule has 1 atom stereocenters. The number of hydrogen-bond donors (Lipinski definition) is 1. The van der Waals surface area contributed by atoms with E-state index < -0.39 is 0 Å². The second-order valence-corrected chi connectivity index (χ2v) is 5.36. The van der Waals surface area contributed by atoms with E-state index in [0.717, 1.165) is 36.3 Å². The smallest absolute Gasteiger partial charge is 0.125 e. The molecule has 2 aromatic rings. The zero-order chi connectivity index (χ0) is 15.1. The predicted octanol–water partition coefficient (Wildman–Crippen LogP) is 3.29. The number of pyridine rings is 1. The molecular formula is C18H24N2O. The van der Waals surface area contributed by atoms with E-state index in [1.54, 1.807) is 0 Å². The Bertz CT molecular complexity index is 554. The van der Waals surface area contributed by atoms with E-state index in [1.807, 2.05) is 24.4 Å². The Morgan fingerprint density at radius 1 is 1.19 bits per heavy atom. The van der Waals surface area contributed by atoms with Gasteiger partial charge in [0.1, 0.15) is 5.75 Å². The number of para-hydroxylation sites is 1. The first-order valence-corrected chi connectivity index (χ1v) is 7.57. The Morgan fingerprint density at radius 2 is 2.05 bits per heavy atom. The van der Waals surface area contributed by atoms with Crippen molar-refractivity contribution < 1.29 is 4.74 Å². The largest absolute Gasteiger partial charge is 0.493 e. The molecule has 1 heterocycles. The van der Waals surface area contributed by atoms with Crippen molar-refractivity contribution in [2.24, 2.45) is 5.73 Å². The number of ether oxygens (including phenoxy) is 1. The van der Waals surface area contributed by atoms with Crippen molar-refractivity contribution in [2.75, 3.05) is 6.61 Å². The number of benzene rings is 1. The van der Waals surface area contributed by atoms with E-state index in [4.69, 9.17) is 10.5 Å². The van der Waals surface area contributed by atoms with Crippen LogP contribution in [-0.2, 0) is 12.8 Å². The molecule has 0 aliphatic carbocycles. The van der Waals surface area contributed by atoms with Gasteiger partial charge < -0.3 is 10.5 Å². The quantitative estimate of drug-likeness (QED) is 0.848. The van der Waals surface area contributed by atoms with E-state index in [2.05, 4.69) is 37.0 Å². The maximum absolute atomic E-state index is 6.08. The van der Waals surface area contributed by atoms with Gasteiger partial charge in [0.2, 0.25) is 0 Å². The summed E-state index contributed by atoms with van der Waals surface area (Å²) in [4.78, 5) is 4.32. The van der Waals surface area contributed by atoms with Gasteiger partial charge in [0.15, 0.2) is 0 Å². The van der Waals surface area contributed by atoms with Crippen LogP contribution in [0.15, 0.2) is 42.6 Å². The lowest BCUT2D eigenvalue weighted by Gasteiger charge is -2.16. The van der Waals surface area contributed by atoms with Crippen LogP contribution in [0.5, 0.6) is 5.75 Å². The van der Waals surface area contributed by atoms with Crippen LogP contribution < -0.4 is 10.5 Å². The topological polar surface area (TPSA) is 48.1 Å². The molecular weight excluding hydrogens is 260 g/mol. The first-order chi connectivity index (χ1) is 10.2. The third-order valence-corrected chi connectivity index (χ3v) is 3.63. The summed E-state index contributed by atoms with van der Waals surface area (Å²) in [7, 11) is 0. The number of nitrogens with zero attached hydrogens (tertiary/aromatic N) is 1. The summed E-state index contributed by atoms with van der Waals surface area (Å²) in [6.45, 7) is 4.83. The molecule has 0 saturated carbocycles. The molecule has 2 N–H and O–H groups in total. The molecule has 1 aromatic carbocycles. The van der Waals surface area contributed by atoms with Gasteiger partial charge in [-0.05, 0) is 43.0 Å². The fourth-order valence-corrected chi connectivity index (χ4v) is 2.31. The minimum atomic E-state index is 0.185. The molecule has 3 heteroatoms. The van der Waals surface area contributed by atoms with Crippen molar-refractivity contribution in [3.63, 3.8) is 0 Å². The van der Waals surface area contributed by atoms with Crippen molar-refractivity contribution in [1.29, 1.82) is 0 Å². The number of aromatic nitrogens is 1. The highest BCUT2D eigenvalue weighted by Crippen LogP contribution is 2.25. The van der Waals surface area contributed by atoms with Crippen LogP contribution in [0.2, 0.25) is 0 Å². The zero-order valence-electron chi connectivity index (χ0n) is 12.9. The van der Waals surface area contributed by atoms with E-state index in [9.17, 15) is 0 Å². The molecule has 1 unspecified atom stereocenters. The van der Waals surface area contributed by atoms with Gasteiger partial charge in [-0.15, -0.1) is 0 Å². The average molecular weight is 284 g/mol. The van der Waals surface area contributed by atoms with Crippen molar-refractivity contribution in [3.05, 3.63) is 59.4 Å². The monoisotopic (exact) mass is 284 g/mol. The van der Waals surface area contributed by atoms with Crippen LogP contribution in [0.3, 0.4) is 0 Å². The van der Waals surface area contributed by atoms with Crippen molar-refractivity contribution in [1.82, 2.24) is 4.98 Å². The lowest BCUT2D eigenvalue weighted by molar-refractivity contribution is 0.314. The van der Waals surface area contributed by atoms with Gasteiger partial charge in [-0.1, -0.05) is 31.2 Å². The maximum Gasteiger partial charge on any atom is 0.125 e. The first-order valence-electron chi connectivity index (χ1n) is 7.57. The summed E-state index contributed by atoms with van der Waals surface area (Å²) in [6, 6.07) is 12.4. The maximum atomic E-state index is 6.08. The standard InChI is InChI=1S/C18H24N2O/c1-3-16(19)13-15-8-6-7-14(2)18(15)21-12-10-17-9-4-5-11-20-17/h4-9,11,16H,3,10,12-13,19H2,1-2H3. The number of aryl methyl sites for hydroxylation is 1. The van der Waals surface area contributed by atoms with Gasteiger partial charge in [-0.25, -0.2) is 0 Å². The van der Waals surface area contributed by atoms with Gasteiger partial charge in [-0.2, -0.15) is 0 Å². The lowest BCUT2D eigenvalue weighted by atomic mass is 10.0. The van der Waals surface area contributed by atoms with Crippen LogP contribution in [0.25, 0.3) is 0 Å². The molecule has 0 fully saturated rings. The SMILES string of the molecule is CCC(N)Cc1cccc(C)c1OCCc1ccccn1. The van der Waals surface area contributed by atoms with E-state index in [-0.39, 0.29) is 6.04 Å². The summed E-state index contributed by atoms with van der Waals surface area (Å²) in [5, 5.41) is 0. The lowest BCUT2D eigenvalue weighted by Crippen LogP contribution is -2.22. The van der Waals surface area contributed by atoms with Crippen LogP contribution in [0, 0.1) is 6.92 Å². The summed E-state index contributed by atoms with van der Waals surface area (Å²) in [6.07, 6.45) is 4.46. The van der Waals surface area contributed by atoms with Gasteiger partial charge in [0, 0.05) is 24.4 Å². The Morgan fingerprint density at radius 3 is 2.76 bits per heavy atom. The minimum absolute atomic E-state index is 0.185. The highest BCUT2D eigenvalue weighted by atomic mass is 16.5. The molecule has 0 spiro atoms. The highest BCUT2D eigenvalue weighted by molar-refractivity contribution is 5.41. The summed E-state index contributed by atoms with van der Waals surface area (Å²) in [5.74, 6) is 0.984. The normalized spacial score (nSPS) is 12.1. The number of rotatable bonds is 7. The van der Waals surface area contributed by atoms with Gasteiger partial charge in [0.05, 0.1) is 6.61 Å². The van der Waals surface area contributed by atoms with E-state index in [1.165, 1.54) is 5.56 Å². The van der Waals surface area contributed by atoms with Crippen LogP contribution in [0.1, 0.15) is 30.2 Å². The van der Waals surface area contributed by atoms with Gasteiger partial charge in [-0.3, -0.25) is 4.98 Å². The van der Waals surface area contributed by atoms with Gasteiger partial charge >= 0.3 is 0 Å². The van der Waals surface area contributed by atoms with Crippen LogP contribution in [0.4, 0.5) is 0 Å². The molecule has 2 rings (SSSR count). The van der Waals surface area contributed by atoms with Gasteiger partial charge in [0.25, 0.3) is 0 Å². The Labute approximate surface area is 127 Å². The fraction of sp³-hybridized carbons (Fsp3) is 0.389. The van der Waals surface area contributed by atoms with Crippen molar-refractivity contribution in [2.45, 2.75) is 39.2 Å². The molecule has 3 nitrogen and oxygen atoms in total. The second-order valence-electron chi connectivity index (χ2n) is 5.36. The molecule has 0 aliphatic heterocycles. The van der Waals surface area contributed by atoms with E-state index in [0.29, 0.717) is 6.61 Å². The fourth-order valence-electron chi connectivity index (χ4n) is 2.31. The summed E-state index contributed by atoms with van der Waals surface area (Å²) < 4.78 is 6.02. The minimum Gasteiger partial charge on any atom is -0.493 e. The Balaban J connectivity index is 2.01. The summed E-state index contributed by atoms with van der Waals surface area (Å²) in [5.41, 5.74) is 9.49. The second kappa shape index (κ2) is 7.79. The molecule has 1 aromatic heterocycles. The van der Waals surface area contributed by atoms with Crippen LogP contribution in [-0.4, -0.2) is 17.6 Å². The average Bonchev–Trinajstić information content (AvgIpc) is 2.51. The molecule has 112 valence electrons. The van der Waals surface area contributed by atoms with Crippen LogP contribution >= 0.6 is 0 Å². The molecule has 0 radical (unpaired) electrons. The Hall–Kier alpha value is -1.87. The first kappa shape index (κ1) is 15.5.